The van der Waals surface area contributed by atoms with Crippen LogP contribution >= 0.6 is 0 Å². The van der Waals surface area contributed by atoms with Gasteiger partial charge in [-0.1, -0.05) is 19.7 Å². The summed E-state index contributed by atoms with van der Waals surface area (Å²) in [7, 11) is 0. The highest BCUT2D eigenvalue weighted by molar-refractivity contribution is 5.83. The molecule has 0 heterocycles. The lowest BCUT2D eigenvalue weighted by molar-refractivity contribution is -0.519. The first kappa shape index (κ1) is 21.5. The van der Waals surface area contributed by atoms with Gasteiger partial charge in [0.2, 0.25) is 0 Å². The maximum Gasteiger partial charge on any atom is 0.365 e. The first-order chi connectivity index (χ1) is 10.9. The van der Waals surface area contributed by atoms with Crippen LogP contribution in [0.3, 0.4) is 0 Å². The molecule has 0 aromatic carbocycles. The second kappa shape index (κ2) is 7.86. The van der Waals surface area contributed by atoms with Gasteiger partial charge in [-0.25, -0.2) is 14.4 Å². The summed E-state index contributed by atoms with van der Waals surface area (Å²) in [6, 6.07) is 0. The average molecular weight is 344 g/mol. The first-order valence-electron chi connectivity index (χ1n) is 6.54. The summed E-state index contributed by atoms with van der Waals surface area (Å²) in [4.78, 5) is 42.4. The Labute approximate surface area is 138 Å². The molecule has 24 heavy (non-hydrogen) atoms. The SMILES string of the molecule is C=CC(=O)OOC(O)(O)C(C)(C)C(C)(OC(=O)C=C)OC(=O)C=C. The number of carbonyl (C=O) groups excluding carboxylic acids is 3. The van der Waals surface area contributed by atoms with Crippen LogP contribution < -0.4 is 0 Å². The normalized spacial score (nSPS) is 11.9. The smallest absolute Gasteiger partial charge is 0.365 e. The Kier molecular flexibility index (Phi) is 7.05. The minimum atomic E-state index is -3.23. The molecule has 134 valence electrons. The van der Waals surface area contributed by atoms with Crippen LogP contribution in [0.15, 0.2) is 38.0 Å². The molecule has 0 saturated heterocycles. The quantitative estimate of drug-likeness (QED) is 0.202. The molecule has 0 aliphatic rings. The average Bonchev–Trinajstić information content (AvgIpc) is 2.51. The van der Waals surface area contributed by atoms with Crippen LogP contribution in [0.5, 0.6) is 0 Å². The largest absolute Gasteiger partial charge is 0.419 e. The summed E-state index contributed by atoms with van der Waals surface area (Å²) in [5.74, 6) is -8.68. The molecule has 0 atom stereocenters. The second-order valence-electron chi connectivity index (χ2n) is 5.12. The van der Waals surface area contributed by atoms with E-state index in [1.54, 1.807) is 0 Å². The summed E-state index contributed by atoms with van der Waals surface area (Å²) in [6.45, 7) is 12.8. The van der Waals surface area contributed by atoms with Crippen LogP contribution in [0.25, 0.3) is 0 Å². The summed E-state index contributed by atoms with van der Waals surface area (Å²) >= 11 is 0. The van der Waals surface area contributed by atoms with Crippen molar-refractivity contribution < 1.29 is 43.8 Å². The van der Waals surface area contributed by atoms with E-state index in [0.717, 1.165) is 32.9 Å². The van der Waals surface area contributed by atoms with Crippen LogP contribution in [-0.2, 0) is 33.6 Å². The molecule has 0 rings (SSSR count). The van der Waals surface area contributed by atoms with E-state index in [4.69, 9.17) is 9.47 Å². The highest BCUT2D eigenvalue weighted by atomic mass is 17.3. The lowest BCUT2D eigenvalue weighted by Crippen LogP contribution is -2.62. The molecule has 0 unspecified atom stereocenters. The molecule has 0 spiro atoms. The van der Waals surface area contributed by atoms with Crippen LogP contribution in [0.1, 0.15) is 20.8 Å². The van der Waals surface area contributed by atoms with E-state index in [9.17, 15) is 24.6 Å². The monoisotopic (exact) mass is 344 g/mol. The van der Waals surface area contributed by atoms with Crippen LogP contribution in [0.2, 0.25) is 0 Å². The predicted molar refractivity (Wildman–Crippen MR) is 79.3 cm³/mol. The van der Waals surface area contributed by atoms with Gasteiger partial charge in [0.15, 0.2) is 0 Å². The van der Waals surface area contributed by atoms with Crippen LogP contribution in [0, 0.1) is 5.41 Å². The number of aliphatic hydroxyl groups is 2. The fourth-order valence-corrected chi connectivity index (χ4v) is 1.28. The topological polar surface area (TPSA) is 129 Å². The molecule has 0 aliphatic heterocycles. The van der Waals surface area contributed by atoms with Gasteiger partial charge in [-0.15, -0.1) is 4.89 Å². The summed E-state index contributed by atoms with van der Waals surface area (Å²) in [5, 5.41) is 20.2. The Hall–Kier alpha value is -2.49. The molecule has 0 aromatic heterocycles. The van der Waals surface area contributed by atoms with Crippen molar-refractivity contribution in [1.29, 1.82) is 0 Å². The second-order valence-corrected chi connectivity index (χ2v) is 5.12. The summed E-state index contributed by atoms with van der Waals surface area (Å²) in [6.07, 6.45) is 2.24. The Balaban J connectivity index is 5.75. The Morgan fingerprint density at radius 2 is 1.21 bits per heavy atom. The maximum absolute atomic E-state index is 11.5. The summed E-state index contributed by atoms with van der Waals surface area (Å²) in [5.41, 5.74) is -2.06. The molecule has 0 aromatic rings. The summed E-state index contributed by atoms with van der Waals surface area (Å²) < 4.78 is 9.87. The molecule has 0 amide bonds. The maximum atomic E-state index is 11.5. The van der Waals surface area contributed by atoms with Crippen molar-refractivity contribution in [2.45, 2.75) is 32.5 Å². The van der Waals surface area contributed by atoms with E-state index >= 15 is 0 Å². The van der Waals surface area contributed by atoms with E-state index < -0.39 is 35.1 Å². The zero-order valence-corrected chi connectivity index (χ0v) is 13.6. The van der Waals surface area contributed by atoms with Gasteiger partial charge in [0, 0.05) is 25.2 Å². The van der Waals surface area contributed by atoms with Crippen molar-refractivity contribution in [3.63, 3.8) is 0 Å². The molecular weight excluding hydrogens is 324 g/mol. The van der Waals surface area contributed by atoms with E-state index in [2.05, 4.69) is 29.5 Å². The lowest BCUT2D eigenvalue weighted by Gasteiger charge is -2.45. The van der Waals surface area contributed by atoms with E-state index in [1.807, 2.05) is 0 Å². The predicted octanol–water partition coefficient (Wildman–Crippen LogP) is 0.486. The van der Waals surface area contributed by atoms with Gasteiger partial charge in [0.05, 0.1) is 0 Å². The van der Waals surface area contributed by atoms with Gasteiger partial charge in [-0.05, 0) is 13.8 Å². The molecule has 9 heteroatoms. The van der Waals surface area contributed by atoms with Crippen LogP contribution in [-0.4, -0.2) is 39.9 Å². The van der Waals surface area contributed by atoms with E-state index in [-0.39, 0.29) is 0 Å². The number of esters is 2. The molecule has 0 saturated carbocycles. The molecule has 2 N–H and O–H groups in total. The van der Waals surface area contributed by atoms with Gasteiger partial charge >= 0.3 is 23.9 Å². The van der Waals surface area contributed by atoms with Crippen molar-refractivity contribution >= 4 is 17.9 Å². The Bertz CT molecular complexity index is 523. The molecular formula is C15H20O9. The molecule has 0 aliphatic carbocycles. The fourth-order valence-electron chi connectivity index (χ4n) is 1.28. The van der Waals surface area contributed by atoms with E-state index in [0.29, 0.717) is 6.08 Å². The van der Waals surface area contributed by atoms with Gasteiger partial charge in [0.1, 0.15) is 5.41 Å². The fraction of sp³-hybridized carbons (Fsp3) is 0.400. The van der Waals surface area contributed by atoms with Gasteiger partial charge in [-0.2, -0.15) is 0 Å². The number of hydrogen-bond acceptors (Lipinski definition) is 9. The number of carbonyl (C=O) groups is 3. The zero-order valence-electron chi connectivity index (χ0n) is 13.6. The Morgan fingerprint density at radius 1 is 0.833 bits per heavy atom. The Morgan fingerprint density at radius 3 is 1.54 bits per heavy atom. The van der Waals surface area contributed by atoms with E-state index in [1.165, 1.54) is 0 Å². The number of hydrogen-bond donors (Lipinski definition) is 2. The van der Waals surface area contributed by atoms with Gasteiger partial charge in [-0.3, -0.25) is 4.89 Å². The molecule has 0 bridgehead atoms. The van der Waals surface area contributed by atoms with Crippen molar-refractivity contribution in [2.24, 2.45) is 5.41 Å². The van der Waals surface area contributed by atoms with Crippen molar-refractivity contribution in [2.75, 3.05) is 0 Å². The standard InChI is InChI=1S/C15H20O9/c1-7-10(16)21-14(6,22-11(17)8-2)13(4,5)15(19,20)24-23-12(18)9-3/h7-9,19-20H,1-3H2,4-6H3. The van der Waals surface area contributed by atoms with Gasteiger partial charge < -0.3 is 19.7 Å². The highest BCUT2D eigenvalue weighted by Gasteiger charge is 2.62. The third kappa shape index (κ3) is 4.75. The molecule has 0 fully saturated rings. The van der Waals surface area contributed by atoms with Crippen molar-refractivity contribution in [1.82, 2.24) is 0 Å². The third-order valence-electron chi connectivity index (χ3n) is 3.28. The minimum Gasteiger partial charge on any atom is -0.419 e. The van der Waals surface area contributed by atoms with Crippen molar-refractivity contribution in [3.05, 3.63) is 38.0 Å². The molecule has 0 radical (unpaired) electrons. The molecule has 9 nitrogen and oxygen atoms in total. The number of rotatable bonds is 9. The first-order valence-corrected chi connectivity index (χ1v) is 6.54. The van der Waals surface area contributed by atoms with Crippen LogP contribution in [0.4, 0.5) is 0 Å². The third-order valence-corrected chi connectivity index (χ3v) is 3.28. The highest BCUT2D eigenvalue weighted by Crippen LogP contribution is 2.44. The van der Waals surface area contributed by atoms with Gasteiger partial charge in [0.25, 0.3) is 5.79 Å². The minimum absolute atomic E-state index is 0.706. The van der Waals surface area contributed by atoms with Crippen molar-refractivity contribution in [3.8, 4) is 0 Å². The lowest BCUT2D eigenvalue weighted by atomic mass is 9.81. The number of ether oxygens (including phenoxy) is 2. The zero-order chi connectivity index (χ0) is 19.2.